The number of nitrogens with zero attached hydrogens (tertiary/aromatic N) is 2. The average Bonchev–Trinajstić information content (AvgIpc) is 2.18. The van der Waals surface area contributed by atoms with Crippen LogP contribution in [0.15, 0.2) is 6.20 Å². The molecule has 0 aliphatic carbocycles. The van der Waals surface area contributed by atoms with E-state index in [4.69, 9.17) is 0 Å². The number of halogens is 4. The van der Waals surface area contributed by atoms with Crippen LogP contribution in [0, 0.1) is 13.7 Å². The molecule has 0 unspecified atom stereocenters. The fourth-order valence-electron chi connectivity index (χ4n) is 0.969. The van der Waals surface area contributed by atoms with E-state index in [1.165, 1.54) is 22.6 Å². The van der Waals surface area contributed by atoms with E-state index in [9.17, 15) is 23.3 Å². The Morgan fingerprint density at radius 1 is 1.53 bits per heavy atom. The van der Waals surface area contributed by atoms with Gasteiger partial charge in [-0.3, -0.25) is 10.1 Å². The van der Waals surface area contributed by atoms with Crippen LogP contribution < -0.4 is 9.47 Å². The Morgan fingerprint density at radius 2 is 2.12 bits per heavy atom. The highest BCUT2D eigenvalue weighted by Gasteiger charge is 2.38. The van der Waals surface area contributed by atoms with Crippen molar-refractivity contribution in [2.75, 3.05) is 7.11 Å². The zero-order valence-electron chi connectivity index (χ0n) is 8.12. The second-order valence-corrected chi connectivity index (χ2v) is 3.76. The number of aromatic nitrogens is 1. The molecule has 0 aliphatic heterocycles. The number of pyridine rings is 1. The van der Waals surface area contributed by atoms with E-state index in [2.05, 4.69) is 14.5 Å². The van der Waals surface area contributed by atoms with Crippen LogP contribution in [0.4, 0.5) is 18.9 Å². The average molecular weight is 364 g/mol. The topological polar surface area (TPSA) is 74.5 Å². The lowest BCUT2D eigenvalue weighted by atomic mass is 10.4. The number of nitro groups is 1. The van der Waals surface area contributed by atoms with Crippen LogP contribution in [-0.4, -0.2) is 23.4 Å². The smallest absolute Gasteiger partial charge is 0.476 e. The van der Waals surface area contributed by atoms with Crippen molar-refractivity contribution in [3.8, 4) is 11.6 Å². The van der Waals surface area contributed by atoms with Crippen LogP contribution in [0.25, 0.3) is 0 Å². The lowest BCUT2D eigenvalue weighted by Gasteiger charge is -2.11. The third-order valence-electron chi connectivity index (χ3n) is 1.52. The highest BCUT2D eigenvalue weighted by molar-refractivity contribution is 14.1. The van der Waals surface area contributed by atoms with E-state index in [1.54, 1.807) is 0 Å². The molecule has 0 aliphatic rings. The normalized spacial score (nSPS) is 11.1. The molecule has 0 radical (unpaired) electrons. The maximum Gasteiger partial charge on any atom is 0.573 e. The molecular weight excluding hydrogens is 360 g/mol. The van der Waals surface area contributed by atoms with Gasteiger partial charge in [-0.2, -0.15) is 0 Å². The molecule has 10 heteroatoms. The summed E-state index contributed by atoms with van der Waals surface area (Å²) in [5.41, 5.74) is -0.961. The number of alkyl halides is 3. The summed E-state index contributed by atoms with van der Waals surface area (Å²) in [4.78, 5) is 13.1. The van der Waals surface area contributed by atoms with Gasteiger partial charge in [-0.05, 0) is 22.6 Å². The lowest BCUT2D eigenvalue weighted by Crippen LogP contribution is -2.19. The Labute approximate surface area is 106 Å². The summed E-state index contributed by atoms with van der Waals surface area (Å²) in [5, 5.41) is 10.7. The van der Waals surface area contributed by atoms with Crippen molar-refractivity contribution in [2.24, 2.45) is 0 Å². The molecule has 94 valence electrons. The molecule has 0 aromatic carbocycles. The van der Waals surface area contributed by atoms with Crippen molar-refractivity contribution in [3.05, 3.63) is 19.9 Å². The summed E-state index contributed by atoms with van der Waals surface area (Å²) < 4.78 is 44.2. The Morgan fingerprint density at radius 3 is 2.53 bits per heavy atom. The van der Waals surface area contributed by atoms with Crippen LogP contribution in [0.3, 0.4) is 0 Å². The van der Waals surface area contributed by atoms with Gasteiger partial charge in [0.1, 0.15) is 0 Å². The van der Waals surface area contributed by atoms with E-state index in [-0.39, 0.29) is 3.57 Å². The first kappa shape index (κ1) is 13.7. The zero-order chi connectivity index (χ0) is 13.2. The van der Waals surface area contributed by atoms with Crippen molar-refractivity contribution in [1.82, 2.24) is 4.98 Å². The van der Waals surface area contributed by atoms with Gasteiger partial charge in [0.25, 0.3) is 5.88 Å². The first-order chi connectivity index (χ1) is 7.76. The molecule has 0 amide bonds. The minimum Gasteiger partial charge on any atom is -0.476 e. The van der Waals surface area contributed by atoms with Crippen molar-refractivity contribution in [3.63, 3.8) is 0 Å². The summed E-state index contributed by atoms with van der Waals surface area (Å²) in [6.07, 6.45) is -4.05. The van der Waals surface area contributed by atoms with E-state index >= 15 is 0 Å². The minimum absolute atomic E-state index is 0.146. The van der Waals surface area contributed by atoms with E-state index in [0.29, 0.717) is 0 Å². The number of hydrogen-bond donors (Lipinski definition) is 0. The highest BCUT2D eigenvalue weighted by Crippen LogP contribution is 2.40. The zero-order valence-corrected chi connectivity index (χ0v) is 10.3. The Bertz CT molecular complexity index is 451. The molecule has 1 heterocycles. The van der Waals surface area contributed by atoms with Crippen molar-refractivity contribution in [1.29, 1.82) is 0 Å². The summed E-state index contributed by atoms with van der Waals surface area (Å²) in [6, 6.07) is 0. The summed E-state index contributed by atoms with van der Waals surface area (Å²) in [6.45, 7) is 0. The van der Waals surface area contributed by atoms with Gasteiger partial charge in [0, 0.05) is 6.20 Å². The van der Waals surface area contributed by atoms with Crippen LogP contribution in [0.1, 0.15) is 0 Å². The fraction of sp³-hybridized carbons (Fsp3) is 0.286. The molecule has 1 aromatic heterocycles. The standard InChI is InChI=1S/C7H4F3IN2O4/c1-16-6-4(13(14)15)5(3(11)2-12-6)17-7(8,9)10/h2H,1H3. The van der Waals surface area contributed by atoms with Gasteiger partial charge in [-0.15, -0.1) is 13.2 Å². The van der Waals surface area contributed by atoms with Crippen LogP contribution >= 0.6 is 22.6 Å². The second-order valence-electron chi connectivity index (χ2n) is 2.60. The first-order valence-electron chi connectivity index (χ1n) is 3.89. The highest BCUT2D eigenvalue weighted by atomic mass is 127. The van der Waals surface area contributed by atoms with E-state index < -0.39 is 28.6 Å². The first-order valence-corrected chi connectivity index (χ1v) is 4.96. The number of hydrogen-bond acceptors (Lipinski definition) is 5. The predicted octanol–water partition coefficient (Wildman–Crippen LogP) is 2.50. The third kappa shape index (κ3) is 3.31. The van der Waals surface area contributed by atoms with Crippen molar-refractivity contribution >= 4 is 28.3 Å². The minimum atomic E-state index is -5.03. The quantitative estimate of drug-likeness (QED) is 0.468. The third-order valence-corrected chi connectivity index (χ3v) is 2.29. The van der Waals surface area contributed by atoms with Gasteiger partial charge < -0.3 is 9.47 Å². The van der Waals surface area contributed by atoms with Gasteiger partial charge in [-0.1, -0.05) is 0 Å². The summed E-state index contributed by atoms with van der Waals surface area (Å²) >= 11 is 1.44. The SMILES string of the molecule is COc1ncc(I)c(OC(F)(F)F)c1[N+](=O)[O-]. The molecule has 0 saturated heterocycles. The molecule has 1 aromatic rings. The summed E-state index contributed by atoms with van der Waals surface area (Å²) in [7, 11) is 1.06. The molecule has 17 heavy (non-hydrogen) atoms. The monoisotopic (exact) mass is 364 g/mol. The summed E-state index contributed by atoms with van der Waals surface area (Å²) in [5.74, 6) is -1.48. The maximum absolute atomic E-state index is 12.1. The van der Waals surface area contributed by atoms with E-state index in [0.717, 1.165) is 13.3 Å². The van der Waals surface area contributed by atoms with Crippen LogP contribution in [-0.2, 0) is 0 Å². The molecule has 0 atom stereocenters. The lowest BCUT2D eigenvalue weighted by molar-refractivity contribution is -0.390. The van der Waals surface area contributed by atoms with Gasteiger partial charge in [0.15, 0.2) is 0 Å². The Balaban J connectivity index is 3.39. The fourth-order valence-corrected chi connectivity index (χ4v) is 1.47. The number of ether oxygens (including phenoxy) is 2. The van der Waals surface area contributed by atoms with Crippen molar-refractivity contribution in [2.45, 2.75) is 6.36 Å². The molecule has 0 saturated carbocycles. The molecule has 1 rings (SSSR count). The van der Waals surface area contributed by atoms with E-state index in [1.807, 2.05) is 0 Å². The molecule has 0 spiro atoms. The van der Waals surface area contributed by atoms with Gasteiger partial charge in [0.05, 0.1) is 15.6 Å². The maximum atomic E-state index is 12.1. The van der Waals surface area contributed by atoms with Crippen LogP contribution in [0.5, 0.6) is 11.6 Å². The van der Waals surface area contributed by atoms with Crippen molar-refractivity contribution < 1.29 is 27.6 Å². The van der Waals surface area contributed by atoms with Gasteiger partial charge in [-0.25, -0.2) is 4.98 Å². The number of methoxy groups -OCH3 is 1. The predicted molar refractivity (Wildman–Crippen MR) is 56.8 cm³/mol. The molecule has 0 bridgehead atoms. The molecule has 0 N–H and O–H groups in total. The Kier molecular flexibility index (Phi) is 3.95. The Hall–Kier alpha value is -1.33. The molecule has 0 fully saturated rings. The van der Waals surface area contributed by atoms with Gasteiger partial charge >= 0.3 is 12.0 Å². The largest absolute Gasteiger partial charge is 0.573 e. The molecule has 6 nitrogen and oxygen atoms in total. The van der Waals surface area contributed by atoms with Crippen LogP contribution in [0.2, 0.25) is 0 Å². The second kappa shape index (κ2) is 4.89. The molecular formula is C7H4F3IN2O4. The van der Waals surface area contributed by atoms with Gasteiger partial charge in [0.2, 0.25) is 5.75 Å². The number of rotatable bonds is 3.